The van der Waals surface area contributed by atoms with Crippen LogP contribution in [0.25, 0.3) is 0 Å². The first-order valence-electron chi connectivity index (χ1n) is 0. The SMILES string of the molecule is P.[AsH3].[GaH3].[GaH3].[GeH4].[InH3].[InH3]. The molecule has 0 bridgehead atoms. The summed E-state index contributed by atoms with van der Waals surface area (Å²) >= 11 is 0. The van der Waals surface area contributed by atoms with E-state index in [1.54, 1.807) is 0 Å². The van der Waals surface area contributed by atoms with Gasteiger partial charge in [-0.25, -0.2) is 0 Å². The molecule has 0 aliphatic heterocycles. The molecule has 0 saturated heterocycles. The van der Waals surface area contributed by atoms with Crippen LogP contribution in [-0.2, 0) is 0 Å². The van der Waals surface area contributed by atoms with E-state index in [0.29, 0.717) is 0 Å². The first-order chi connectivity index (χ1) is 0. The second kappa shape index (κ2) is 46.5. The first kappa shape index (κ1) is 62.2. The van der Waals surface area contributed by atoms with E-state index in [9.17, 15) is 0 Å². The van der Waals surface area contributed by atoms with Gasteiger partial charge >= 0.3 is 127 Å². The second-order valence-electron chi connectivity index (χ2n) is 0. The average Bonchev–Trinajstić information content (AvgIpc) is 0. The summed E-state index contributed by atoms with van der Waals surface area (Å²) < 4.78 is 0. The monoisotopic (exact) mass is 570 g/mol. The van der Waals surface area contributed by atoms with Gasteiger partial charge in [-0.05, 0) is 0 Å². The van der Waals surface area contributed by atoms with Crippen LogP contribution in [0.15, 0.2) is 0 Å². The molecule has 0 aromatic rings. The summed E-state index contributed by atoms with van der Waals surface area (Å²) in [7, 11) is 0. The Bertz CT molecular complexity index is 15.7. The van der Waals surface area contributed by atoms with Crippen LogP contribution in [0, 0.1) is 0 Å². The molecule has 0 spiro atoms. The summed E-state index contributed by atoms with van der Waals surface area (Å²) in [5.41, 5.74) is 0. The number of hydrogen-bond donors (Lipinski definition) is 0. The van der Waals surface area contributed by atoms with E-state index in [-0.39, 0.29) is 137 Å². The van der Waals surface area contributed by atoms with Crippen molar-refractivity contribution in [1.82, 2.24) is 0 Å². The van der Waals surface area contributed by atoms with Gasteiger partial charge < -0.3 is 0 Å². The minimum absolute atomic E-state index is 0. The van der Waals surface area contributed by atoms with Crippen molar-refractivity contribution >= 4 is 137 Å². The van der Waals surface area contributed by atoms with E-state index < -0.39 is 0 Å². The molecule has 48 valence electrons. The molecule has 0 amide bonds. The summed E-state index contributed by atoms with van der Waals surface area (Å²) in [6.45, 7) is 0. The normalized spacial score (nSPS) is 0. The van der Waals surface area contributed by atoms with Crippen LogP contribution in [0.1, 0.15) is 0 Å². The van der Waals surface area contributed by atoms with E-state index in [4.69, 9.17) is 0 Å². The molecule has 0 rings (SSSR count). The van der Waals surface area contributed by atoms with Gasteiger partial charge in [0.15, 0.2) is 0 Å². The van der Waals surface area contributed by atoms with Crippen molar-refractivity contribution in [3.8, 4) is 0 Å². The first-order valence-corrected chi connectivity index (χ1v) is 0. The summed E-state index contributed by atoms with van der Waals surface area (Å²) in [6, 6.07) is 0. The molecule has 0 heterocycles. The van der Waals surface area contributed by atoms with Crippen molar-refractivity contribution in [3.05, 3.63) is 0 Å². The molecule has 7 heteroatoms. The Morgan fingerprint density at radius 1 is 0.714 bits per heavy atom. The van der Waals surface area contributed by atoms with Crippen LogP contribution in [0.2, 0.25) is 0 Å². The molecule has 0 nitrogen and oxygen atoms in total. The van der Waals surface area contributed by atoms with Crippen molar-refractivity contribution < 1.29 is 0 Å². The minimum atomic E-state index is 0. The van der Waals surface area contributed by atoms with Crippen LogP contribution >= 0.6 is 9.90 Å². The number of hydrogen-bond acceptors (Lipinski definition) is 0. The van der Waals surface area contributed by atoms with Gasteiger partial charge in [0.05, 0.1) is 0 Å². The Balaban J connectivity index is 0. The van der Waals surface area contributed by atoms with E-state index in [1.807, 2.05) is 0 Å². The van der Waals surface area contributed by atoms with E-state index in [2.05, 4.69) is 0 Å². The molecule has 0 N–H and O–H groups in total. The molecule has 7 heavy (non-hydrogen) atoms. The van der Waals surface area contributed by atoms with Gasteiger partial charge in [0.25, 0.3) is 0 Å². The maximum atomic E-state index is 0. The second-order valence-corrected chi connectivity index (χ2v) is 0. The molecule has 0 aliphatic rings. The molecule has 0 radical (unpaired) electrons. The van der Waals surface area contributed by atoms with Crippen LogP contribution in [0.3, 0.4) is 0 Å². The third-order valence-electron chi connectivity index (χ3n) is 0. The van der Waals surface area contributed by atoms with E-state index in [0.717, 1.165) is 0 Å². The quantitative estimate of drug-likeness (QED) is 0.201. The van der Waals surface area contributed by atoms with Crippen molar-refractivity contribution in [1.29, 1.82) is 0 Å². The van der Waals surface area contributed by atoms with E-state index >= 15 is 0 Å². The maximum absolute atomic E-state index is 0. The predicted octanol–water partition coefficient (Wildman–Crippen LogP) is -7.31. The van der Waals surface area contributed by atoms with Gasteiger partial charge in [0.2, 0.25) is 0 Å². The fourth-order valence-corrected chi connectivity index (χ4v) is 0. The third-order valence-corrected chi connectivity index (χ3v) is 0. The fraction of sp³-hybridized carbons (Fsp3) is 0. The predicted molar refractivity (Wildman–Crippen MR) is 72.1 cm³/mol. The van der Waals surface area contributed by atoms with Crippen molar-refractivity contribution in [3.63, 3.8) is 0 Å². The fourth-order valence-electron chi connectivity index (χ4n) is 0. The van der Waals surface area contributed by atoms with Crippen molar-refractivity contribution in [2.75, 3.05) is 0 Å². The zero-order valence-corrected chi connectivity index (χ0v) is 5.80. The molecular weight excluding hydrogens is 548 g/mol. The van der Waals surface area contributed by atoms with Gasteiger partial charge in [-0.3, -0.25) is 0 Å². The van der Waals surface area contributed by atoms with Crippen LogP contribution < -0.4 is 0 Å². The van der Waals surface area contributed by atoms with Gasteiger partial charge in [-0.1, -0.05) is 0 Å². The summed E-state index contributed by atoms with van der Waals surface area (Å²) in [5.74, 6) is 0. The number of rotatable bonds is 0. The van der Waals surface area contributed by atoms with Crippen molar-refractivity contribution in [2.24, 2.45) is 0 Å². The molecule has 2 atom stereocenters. The van der Waals surface area contributed by atoms with Gasteiger partial charge in [-0.2, -0.15) is 9.90 Å². The molecule has 0 saturated carbocycles. The molecule has 0 aromatic heterocycles. The summed E-state index contributed by atoms with van der Waals surface area (Å²) in [6.07, 6.45) is 0. The van der Waals surface area contributed by atoms with Crippen LogP contribution in [0.5, 0.6) is 0 Å². The van der Waals surface area contributed by atoms with Gasteiger partial charge in [0.1, 0.15) is 0 Å². The van der Waals surface area contributed by atoms with E-state index in [1.165, 1.54) is 0 Å². The Kier molecular flexibility index (Phi) is 413. The zero-order valence-electron chi connectivity index (χ0n) is 1.41. The Morgan fingerprint density at radius 2 is 0.714 bits per heavy atom. The Hall–Kier alpha value is 4.54. The summed E-state index contributed by atoms with van der Waals surface area (Å²) in [4.78, 5) is 0. The molecule has 2 unspecified atom stereocenters. The Morgan fingerprint density at radius 3 is 0.714 bits per heavy atom. The summed E-state index contributed by atoms with van der Waals surface area (Å²) in [5, 5.41) is 0. The van der Waals surface area contributed by atoms with Crippen LogP contribution in [0.4, 0.5) is 0 Å². The Labute approximate surface area is 134 Å². The topological polar surface area (TPSA) is 0 Å². The average molecular weight is 570 g/mol. The zero-order chi connectivity index (χ0) is 0. The van der Waals surface area contributed by atoms with Crippen molar-refractivity contribution in [2.45, 2.75) is 0 Å². The molecular formula is H22AsGa2GeIn2P. The molecule has 0 fully saturated rings. The molecule has 0 aliphatic carbocycles. The molecule has 0 aromatic carbocycles. The van der Waals surface area contributed by atoms with Gasteiger partial charge in [0, 0.05) is 0 Å². The van der Waals surface area contributed by atoms with Crippen LogP contribution in [-0.4, -0.2) is 127 Å². The van der Waals surface area contributed by atoms with Gasteiger partial charge in [-0.15, -0.1) is 0 Å². The third kappa shape index (κ3) is 37.3. The standard InChI is InChI=1S/AsH3.2Ga.GeH4.2In.H3P.12H/h1H3;;;1H4;;;1H3;;;;;;;;;;;;.